The van der Waals surface area contributed by atoms with Crippen molar-refractivity contribution >= 4 is 34.0 Å². The molecular weight excluding hydrogens is 290 g/mol. The molecule has 1 amide bonds. The van der Waals surface area contributed by atoms with E-state index in [0.29, 0.717) is 11.3 Å². The highest BCUT2D eigenvalue weighted by atomic mass is 35.5. The van der Waals surface area contributed by atoms with Gasteiger partial charge in [-0.25, -0.2) is 13.6 Å². The summed E-state index contributed by atoms with van der Waals surface area (Å²) in [5.74, 6) is -0.398. The van der Waals surface area contributed by atoms with Gasteiger partial charge in [0.1, 0.15) is 0 Å². The van der Waals surface area contributed by atoms with E-state index in [1.165, 1.54) is 0 Å². The third-order valence-corrected chi connectivity index (χ3v) is 2.85. The summed E-state index contributed by atoms with van der Waals surface area (Å²) >= 11 is 0. The van der Waals surface area contributed by atoms with Gasteiger partial charge in [0.25, 0.3) is 0 Å². The van der Waals surface area contributed by atoms with Crippen LogP contribution in [0, 0.1) is 0 Å². The first-order valence-corrected chi connectivity index (χ1v) is 7.12. The van der Waals surface area contributed by atoms with Crippen molar-refractivity contribution in [3.8, 4) is 0 Å². The summed E-state index contributed by atoms with van der Waals surface area (Å²) in [6.07, 6.45) is 0.235. The van der Waals surface area contributed by atoms with E-state index in [0.717, 1.165) is 0 Å². The number of anilines is 1. The molecule has 6 nitrogen and oxygen atoms in total. The Morgan fingerprint density at radius 2 is 1.84 bits per heavy atom. The summed E-state index contributed by atoms with van der Waals surface area (Å²) in [6.45, 7) is 1.74. The molecule has 0 aliphatic carbocycles. The Labute approximate surface area is 119 Å². The molecule has 0 fully saturated rings. The van der Waals surface area contributed by atoms with Gasteiger partial charge in [-0.15, -0.1) is 12.4 Å². The summed E-state index contributed by atoms with van der Waals surface area (Å²) in [4.78, 5) is 11.4. The fourth-order valence-corrected chi connectivity index (χ4v) is 2.08. The van der Waals surface area contributed by atoms with Gasteiger partial charge < -0.3 is 11.1 Å². The lowest BCUT2D eigenvalue weighted by atomic mass is 10.2. The maximum Gasteiger partial charge on any atom is 0.225 e. The molecule has 0 aliphatic heterocycles. The van der Waals surface area contributed by atoms with E-state index in [4.69, 9.17) is 10.9 Å². The molecule has 1 rings (SSSR count). The number of nitrogens with two attached hydrogens (primary N) is 2. The van der Waals surface area contributed by atoms with Crippen LogP contribution in [0.1, 0.15) is 18.9 Å². The number of sulfonamides is 1. The van der Waals surface area contributed by atoms with Gasteiger partial charge in [0.2, 0.25) is 15.9 Å². The van der Waals surface area contributed by atoms with Crippen molar-refractivity contribution in [1.82, 2.24) is 0 Å². The van der Waals surface area contributed by atoms with E-state index in [9.17, 15) is 13.2 Å². The molecule has 8 heteroatoms. The average molecular weight is 308 g/mol. The second kappa shape index (κ2) is 7.44. The lowest BCUT2D eigenvalue weighted by Gasteiger charge is -2.07. The van der Waals surface area contributed by atoms with Crippen molar-refractivity contribution in [1.29, 1.82) is 0 Å². The Hall–Kier alpha value is -1.15. The number of hydrogen-bond acceptors (Lipinski definition) is 4. The summed E-state index contributed by atoms with van der Waals surface area (Å²) in [5.41, 5.74) is 6.67. The second-order valence-corrected chi connectivity index (χ2v) is 5.85. The number of nitrogens with one attached hydrogen (secondary N) is 1. The monoisotopic (exact) mass is 307 g/mol. The smallest absolute Gasteiger partial charge is 0.225 e. The van der Waals surface area contributed by atoms with E-state index < -0.39 is 10.0 Å². The topological polar surface area (TPSA) is 115 Å². The third-order valence-electron chi connectivity index (χ3n) is 2.11. The van der Waals surface area contributed by atoms with E-state index in [-0.39, 0.29) is 36.5 Å². The van der Waals surface area contributed by atoms with E-state index in [1.54, 1.807) is 31.2 Å². The van der Waals surface area contributed by atoms with Gasteiger partial charge in [0.05, 0.1) is 5.75 Å². The Morgan fingerprint density at radius 1 is 1.32 bits per heavy atom. The lowest BCUT2D eigenvalue weighted by molar-refractivity contribution is -0.116. The molecule has 1 atom stereocenters. The minimum atomic E-state index is -3.53. The minimum Gasteiger partial charge on any atom is -0.327 e. The molecule has 0 saturated carbocycles. The molecule has 0 bridgehead atoms. The fourth-order valence-electron chi connectivity index (χ4n) is 1.42. The fraction of sp³-hybridized carbons (Fsp3) is 0.364. The average Bonchev–Trinajstić information content (AvgIpc) is 2.17. The molecule has 0 aliphatic rings. The molecule has 5 N–H and O–H groups in total. The maximum absolute atomic E-state index is 11.4. The first-order chi connectivity index (χ1) is 8.26. The predicted octanol–water partition coefficient (Wildman–Crippen LogP) is 0.573. The SMILES string of the molecule is CC(N)CC(=O)Nc1ccc(CS(N)(=O)=O)cc1.Cl. The van der Waals surface area contributed by atoms with Crippen LogP contribution in [0.2, 0.25) is 0 Å². The first-order valence-electron chi connectivity index (χ1n) is 5.41. The summed E-state index contributed by atoms with van der Waals surface area (Å²) < 4.78 is 21.8. The highest BCUT2D eigenvalue weighted by Crippen LogP contribution is 2.11. The van der Waals surface area contributed by atoms with Crippen molar-refractivity contribution in [2.75, 3.05) is 5.32 Å². The summed E-state index contributed by atoms with van der Waals surface area (Å²) in [7, 11) is -3.53. The van der Waals surface area contributed by atoms with Crippen LogP contribution < -0.4 is 16.2 Å². The minimum absolute atomic E-state index is 0. The standard InChI is InChI=1S/C11H17N3O3S.ClH/c1-8(12)6-11(15)14-10-4-2-9(3-5-10)7-18(13,16)17;/h2-5,8H,6-7,12H2,1H3,(H,14,15)(H2,13,16,17);1H. The first kappa shape index (κ1) is 17.8. The molecule has 1 aromatic rings. The number of rotatable bonds is 5. The molecule has 108 valence electrons. The van der Waals surface area contributed by atoms with Crippen molar-refractivity contribution in [2.24, 2.45) is 10.9 Å². The Bertz CT molecular complexity index is 514. The number of benzene rings is 1. The van der Waals surface area contributed by atoms with Gasteiger partial charge in [-0.3, -0.25) is 4.79 Å². The Morgan fingerprint density at radius 3 is 2.26 bits per heavy atom. The van der Waals surface area contributed by atoms with Crippen LogP contribution in [0.25, 0.3) is 0 Å². The largest absolute Gasteiger partial charge is 0.327 e. The number of halogens is 1. The number of hydrogen-bond donors (Lipinski definition) is 3. The van der Waals surface area contributed by atoms with Gasteiger partial charge in [-0.1, -0.05) is 12.1 Å². The van der Waals surface area contributed by atoms with Gasteiger partial charge in [0.15, 0.2) is 0 Å². The second-order valence-electron chi connectivity index (χ2n) is 4.23. The van der Waals surface area contributed by atoms with Crippen LogP contribution in [0.4, 0.5) is 5.69 Å². The summed E-state index contributed by atoms with van der Waals surface area (Å²) in [5, 5.41) is 7.59. The van der Waals surface area contributed by atoms with E-state index in [1.807, 2.05) is 0 Å². The number of carbonyl (C=O) groups is 1. The molecule has 0 heterocycles. The Balaban J connectivity index is 0.00000324. The molecule has 1 unspecified atom stereocenters. The number of amides is 1. The van der Waals surface area contributed by atoms with Crippen LogP contribution in [0.15, 0.2) is 24.3 Å². The summed E-state index contributed by atoms with van der Waals surface area (Å²) in [6, 6.07) is 6.25. The zero-order chi connectivity index (χ0) is 13.8. The van der Waals surface area contributed by atoms with Crippen molar-refractivity contribution in [3.63, 3.8) is 0 Å². The molecular formula is C11H18ClN3O3S. The molecule has 0 aromatic heterocycles. The van der Waals surface area contributed by atoms with Gasteiger partial charge in [0, 0.05) is 18.2 Å². The van der Waals surface area contributed by atoms with Crippen molar-refractivity contribution < 1.29 is 13.2 Å². The molecule has 0 saturated heterocycles. The highest BCUT2D eigenvalue weighted by Gasteiger charge is 2.07. The van der Waals surface area contributed by atoms with E-state index in [2.05, 4.69) is 5.32 Å². The van der Waals surface area contributed by atoms with Gasteiger partial charge >= 0.3 is 0 Å². The molecule has 1 aromatic carbocycles. The lowest BCUT2D eigenvalue weighted by Crippen LogP contribution is -2.23. The predicted molar refractivity (Wildman–Crippen MR) is 77.4 cm³/mol. The zero-order valence-electron chi connectivity index (χ0n) is 10.5. The van der Waals surface area contributed by atoms with Crippen molar-refractivity contribution in [3.05, 3.63) is 29.8 Å². The molecule has 19 heavy (non-hydrogen) atoms. The van der Waals surface area contributed by atoms with E-state index >= 15 is 0 Å². The highest BCUT2D eigenvalue weighted by molar-refractivity contribution is 7.88. The van der Waals surface area contributed by atoms with Crippen LogP contribution >= 0.6 is 12.4 Å². The van der Waals surface area contributed by atoms with Crippen LogP contribution in [-0.2, 0) is 20.6 Å². The van der Waals surface area contributed by atoms with Gasteiger partial charge in [-0.2, -0.15) is 0 Å². The third kappa shape index (κ3) is 7.78. The maximum atomic E-state index is 11.4. The van der Waals surface area contributed by atoms with Crippen LogP contribution in [0.3, 0.4) is 0 Å². The Kier molecular flexibility index (Phi) is 6.99. The molecule has 0 radical (unpaired) electrons. The van der Waals surface area contributed by atoms with Crippen LogP contribution in [0.5, 0.6) is 0 Å². The van der Waals surface area contributed by atoms with Gasteiger partial charge in [-0.05, 0) is 24.6 Å². The van der Waals surface area contributed by atoms with Crippen molar-refractivity contribution in [2.45, 2.75) is 25.1 Å². The molecule has 0 spiro atoms. The normalized spacial score (nSPS) is 12.4. The number of carbonyl (C=O) groups excluding carboxylic acids is 1. The zero-order valence-corrected chi connectivity index (χ0v) is 12.1. The van der Waals surface area contributed by atoms with Crippen LogP contribution in [-0.4, -0.2) is 20.4 Å². The quantitative estimate of drug-likeness (QED) is 0.737. The number of primary sulfonamides is 1.